The smallest absolute Gasteiger partial charge is 0.307 e. The molecular formula is C20H20FNO5S. The fraction of sp³-hybridized carbons (Fsp3) is 0.300. The minimum atomic E-state index is -0.462. The Labute approximate surface area is 166 Å². The summed E-state index contributed by atoms with van der Waals surface area (Å²) in [7, 11) is 0. The van der Waals surface area contributed by atoms with Crippen LogP contribution in [0.3, 0.4) is 0 Å². The number of hydrogen-bond acceptors (Lipinski definition) is 6. The monoisotopic (exact) mass is 405 g/mol. The second-order valence-electron chi connectivity index (χ2n) is 6.01. The maximum Gasteiger partial charge on any atom is 0.307 e. The molecule has 1 heterocycles. The zero-order valence-corrected chi connectivity index (χ0v) is 15.9. The molecule has 1 atom stereocenters. The zero-order chi connectivity index (χ0) is 19.8. The summed E-state index contributed by atoms with van der Waals surface area (Å²) in [5.41, 5.74) is 0. The van der Waals surface area contributed by atoms with Crippen molar-refractivity contribution in [2.75, 3.05) is 25.5 Å². The van der Waals surface area contributed by atoms with E-state index in [9.17, 15) is 14.0 Å². The topological polar surface area (TPSA) is 73.9 Å². The SMILES string of the molecule is O=C(COC(=O)CCSc1ccc(F)cc1)NC[C@@H]1COc2ccccc2O1. The molecule has 1 N–H and O–H groups in total. The number of para-hydroxylation sites is 2. The summed E-state index contributed by atoms with van der Waals surface area (Å²) in [6.07, 6.45) is -0.146. The van der Waals surface area contributed by atoms with E-state index < -0.39 is 11.9 Å². The van der Waals surface area contributed by atoms with E-state index in [-0.39, 0.29) is 31.5 Å². The van der Waals surface area contributed by atoms with Crippen molar-refractivity contribution in [1.29, 1.82) is 0 Å². The van der Waals surface area contributed by atoms with Crippen LogP contribution in [0.2, 0.25) is 0 Å². The summed E-state index contributed by atoms with van der Waals surface area (Å²) in [6.45, 7) is 0.243. The Morgan fingerprint density at radius 2 is 1.89 bits per heavy atom. The first kappa shape index (κ1) is 20.0. The van der Waals surface area contributed by atoms with Crippen molar-refractivity contribution in [2.45, 2.75) is 17.4 Å². The van der Waals surface area contributed by atoms with Crippen LogP contribution in [0.1, 0.15) is 6.42 Å². The van der Waals surface area contributed by atoms with Gasteiger partial charge in [0.25, 0.3) is 5.91 Å². The number of amides is 1. The van der Waals surface area contributed by atoms with Gasteiger partial charge in [-0.2, -0.15) is 0 Å². The van der Waals surface area contributed by atoms with Gasteiger partial charge in [0.2, 0.25) is 0 Å². The summed E-state index contributed by atoms with van der Waals surface area (Å²) in [6, 6.07) is 13.3. The first-order valence-corrected chi connectivity index (χ1v) is 9.78. The predicted octanol–water partition coefficient (Wildman–Crippen LogP) is 2.81. The van der Waals surface area contributed by atoms with E-state index in [1.165, 1.54) is 23.9 Å². The highest BCUT2D eigenvalue weighted by Gasteiger charge is 2.21. The van der Waals surface area contributed by atoms with Crippen LogP contribution in [0.15, 0.2) is 53.4 Å². The molecule has 2 aromatic carbocycles. The van der Waals surface area contributed by atoms with E-state index >= 15 is 0 Å². The van der Waals surface area contributed by atoms with Crippen LogP contribution in [0.4, 0.5) is 4.39 Å². The van der Waals surface area contributed by atoms with E-state index in [2.05, 4.69) is 5.32 Å². The average Bonchev–Trinajstić information content (AvgIpc) is 2.72. The number of nitrogens with one attached hydrogen (secondary N) is 1. The number of benzene rings is 2. The molecule has 0 unspecified atom stereocenters. The number of ether oxygens (including phenoxy) is 3. The number of carbonyl (C=O) groups is 2. The van der Waals surface area contributed by atoms with Crippen molar-refractivity contribution in [3.63, 3.8) is 0 Å². The van der Waals surface area contributed by atoms with Crippen LogP contribution in [-0.2, 0) is 14.3 Å². The third-order valence-corrected chi connectivity index (χ3v) is 4.86. The van der Waals surface area contributed by atoms with Gasteiger partial charge in [0.05, 0.1) is 13.0 Å². The maximum atomic E-state index is 12.8. The van der Waals surface area contributed by atoms with Crippen LogP contribution in [0.25, 0.3) is 0 Å². The average molecular weight is 405 g/mol. The van der Waals surface area contributed by atoms with E-state index in [1.54, 1.807) is 18.2 Å². The van der Waals surface area contributed by atoms with Gasteiger partial charge in [-0.15, -0.1) is 11.8 Å². The van der Waals surface area contributed by atoms with Crippen LogP contribution >= 0.6 is 11.8 Å². The quantitative estimate of drug-likeness (QED) is 0.538. The molecule has 0 aliphatic carbocycles. The molecule has 0 spiro atoms. The molecule has 0 saturated carbocycles. The predicted molar refractivity (Wildman–Crippen MR) is 102 cm³/mol. The van der Waals surface area contributed by atoms with E-state index in [1.807, 2.05) is 18.2 Å². The molecule has 1 aliphatic rings. The number of carbonyl (C=O) groups excluding carboxylic acids is 2. The van der Waals surface area contributed by atoms with Crippen LogP contribution < -0.4 is 14.8 Å². The van der Waals surface area contributed by atoms with Gasteiger partial charge in [0.1, 0.15) is 18.5 Å². The van der Waals surface area contributed by atoms with Crippen molar-refractivity contribution >= 4 is 23.6 Å². The van der Waals surface area contributed by atoms with Crippen molar-refractivity contribution in [3.05, 3.63) is 54.3 Å². The summed E-state index contributed by atoms with van der Waals surface area (Å²) in [5.74, 6) is 0.636. The number of esters is 1. The highest BCUT2D eigenvalue weighted by molar-refractivity contribution is 7.99. The fourth-order valence-electron chi connectivity index (χ4n) is 2.44. The molecule has 0 saturated heterocycles. The molecule has 0 fully saturated rings. The lowest BCUT2D eigenvalue weighted by molar-refractivity contribution is -0.148. The first-order valence-electron chi connectivity index (χ1n) is 8.79. The lowest BCUT2D eigenvalue weighted by atomic mass is 10.2. The van der Waals surface area contributed by atoms with Crippen LogP contribution in [0, 0.1) is 5.82 Å². The summed E-state index contributed by atoms with van der Waals surface area (Å²) < 4.78 is 29.1. The molecule has 2 aromatic rings. The molecule has 1 aliphatic heterocycles. The fourth-order valence-corrected chi connectivity index (χ4v) is 3.28. The normalized spacial score (nSPS) is 15.0. The van der Waals surface area contributed by atoms with Crippen LogP contribution in [-0.4, -0.2) is 43.5 Å². The standard InChI is InChI=1S/C20H20FNO5S/c21-14-5-7-16(8-6-14)28-10-9-20(24)26-13-19(23)22-11-15-12-25-17-3-1-2-4-18(17)27-15/h1-8,15H,9-13H2,(H,22,23)/t15-/m1/s1. The Kier molecular flexibility index (Phi) is 7.13. The number of halogens is 1. The number of hydrogen-bond donors (Lipinski definition) is 1. The van der Waals surface area contributed by atoms with Crippen LogP contribution in [0.5, 0.6) is 11.5 Å². The van der Waals surface area contributed by atoms with Gasteiger partial charge in [-0.25, -0.2) is 4.39 Å². The van der Waals surface area contributed by atoms with Gasteiger partial charge in [-0.1, -0.05) is 12.1 Å². The molecular weight excluding hydrogens is 385 g/mol. The van der Waals surface area contributed by atoms with E-state index in [0.29, 0.717) is 23.9 Å². The number of thioether (sulfide) groups is 1. The van der Waals surface area contributed by atoms with E-state index in [4.69, 9.17) is 14.2 Å². The largest absolute Gasteiger partial charge is 0.486 e. The van der Waals surface area contributed by atoms with Gasteiger partial charge in [-0.3, -0.25) is 9.59 Å². The van der Waals surface area contributed by atoms with Gasteiger partial charge < -0.3 is 19.5 Å². The molecule has 1 amide bonds. The third-order valence-electron chi connectivity index (χ3n) is 3.85. The molecule has 8 heteroatoms. The summed E-state index contributed by atoms with van der Waals surface area (Å²) >= 11 is 1.42. The second kappa shape index (κ2) is 9.98. The molecule has 0 bridgehead atoms. The number of rotatable bonds is 8. The second-order valence-corrected chi connectivity index (χ2v) is 7.18. The van der Waals surface area contributed by atoms with Crippen molar-refractivity contribution in [2.24, 2.45) is 0 Å². The zero-order valence-electron chi connectivity index (χ0n) is 15.1. The lowest BCUT2D eigenvalue weighted by Crippen LogP contribution is -2.42. The Morgan fingerprint density at radius 3 is 2.68 bits per heavy atom. The minimum Gasteiger partial charge on any atom is -0.486 e. The van der Waals surface area contributed by atoms with Gasteiger partial charge in [0, 0.05) is 10.6 Å². The van der Waals surface area contributed by atoms with Gasteiger partial charge in [-0.05, 0) is 36.4 Å². The third kappa shape index (κ3) is 6.16. The lowest BCUT2D eigenvalue weighted by Gasteiger charge is -2.26. The maximum absolute atomic E-state index is 12.8. The molecule has 28 heavy (non-hydrogen) atoms. The van der Waals surface area contributed by atoms with Gasteiger partial charge >= 0.3 is 5.97 Å². The summed E-state index contributed by atoms with van der Waals surface area (Å²) in [4.78, 5) is 24.4. The van der Waals surface area contributed by atoms with Crippen molar-refractivity contribution in [3.8, 4) is 11.5 Å². The van der Waals surface area contributed by atoms with Crippen molar-refractivity contribution in [1.82, 2.24) is 5.32 Å². The molecule has 0 radical (unpaired) electrons. The summed E-state index contributed by atoms with van der Waals surface area (Å²) in [5, 5.41) is 2.66. The molecule has 3 rings (SSSR count). The Bertz CT molecular complexity index is 814. The Balaban J connectivity index is 1.29. The highest BCUT2D eigenvalue weighted by Crippen LogP contribution is 2.30. The number of fused-ring (bicyclic) bond motifs is 1. The van der Waals surface area contributed by atoms with E-state index in [0.717, 1.165) is 4.90 Å². The van der Waals surface area contributed by atoms with Crippen molar-refractivity contribution < 1.29 is 28.2 Å². The Morgan fingerprint density at radius 1 is 1.14 bits per heavy atom. The first-order chi connectivity index (χ1) is 13.6. The van der Waals surface area contributed by atoms with Gasteiger partial charge in [0.15, 0.2) is 18.1 Å². The Hall–Kier alpha value is -2.74. The highest BCUT2D eigenvalue weighted by atomic mass is 32.2. The molecule has 0 aromatic heterocycles. The molecule has 148 valence electrons. The minimum absolute atomic E-state index is 0.158. The molecule has 6 nitrogen and oxygen atoms in total.